The lowest BCUT2D eigenvalue weighted by atomic mass is 9.87. The molecule has 38 heavy (non-hydrogen) atoms. The van der Waals surface area contributed by atoms with Gasteiger partial charge in [-0.05, 0) is 66.0 Å². The summed E-state index contributed by atoms with van der Waals surface area (Å²) in [7, 11) is 3.28. The average molecular weight is 530 g/mol. The van der Waals surface area contributed by atoms with Crippen LogP contribution in [0.15, 0.2) is 48.8 Å². The van der Waals surface area contributed by atoms with Gasteiger partial charge in [-0.2, -0.15) is 0 Å². The van der Waals surface area contributed by atoms with Gasteiger partial charge in [-0.25, -0.2) is 9.97 Å². The molecule has 0 saturated carbocycles. The summed E-state index contributed by atoms with van der Waals surface area (Å²) in [6, 6.07) is 13.9. The van der Waals surface area contributed by atoms with Crippen LogP contribution >= 0.6 is 11.3 Å². The first-order valence-corrected chi connectivity index (χ1v) is 13.9. The van der Waals surface area contributed by atoms with Crippen LogP contribution in [0, 0.1) is 5.92 Å². The van der Waals surface area contributed by atoms with Crippen LogP contribution in [-0.4, -0.2) is 48.1 Å². The maximum Gasteiger partial charge on any atom is 0.261 e. The molecule has 7 nitrogen and oxygen atoms in total. The Morgan fingerprint density at radius 2 is 1.87 bits per heavy atom. The number of rotatable bonds is 6. The molecule has 0 fully saturated rings. The van der Waals surface area contributed by atoms with E-state index in [1.807, 2.05) is 35.2 Å². The first kappa shape index (κ1) is 24.7. The van der Waals surface area contributed by atoms with Gasteiger partial charge in [0, 0.05) is 11.4 Å². The summed E-state index contributed by atoms with van der Waals surface area (Å²) in [5.74, 6) is 2.45. The van der Waals surface area contributed by atoms with Gasteiger partial charge in [-0.15, -0.1) is 11.3 Å². The molecule has 0 saturated heterocycles. The number of hydrogen-bond donors (Lipinski definition) is 0. The molecule has 1 aliphatic carbocycles. The molecule has 2 atom stereocenters. The first-order valence-electron chi connectivity index (χ1n) is 13.0. The minimum Gasteiger partial charge on any atom is -0.493 e. The van der Waals surface area contributed by atoms with Crippen molar-refractivity contribution in [1.29, 1.82) is 0 Å². The van der Waals surface area contributed by atoms with Crippen molar-refractivity contribution >= 4 is 27.5 Å². The highest BCUT2D eigenvalue weighted by atomic mass is 32.1. The van der Waals surface area contributed by atoms with Crippen LogP contribution in [0.4, 0.5) is 0 Å². The van der Waals surface area contributed by atoms with Gasteiger partial charge < -0.3 is 19.1 Å². The second kappa shape index (κ2) is 10.3. The molecule has 6 rings (SSSR count). The number of hydrogen-bond acceptors (Lipinski definition) is 7. The van der Waals surface area contributed by atoms with Gasteiger partial charge in [0.25, 0.3) is 5.91 Å². The van der Waals surface area contributed by atoms with Crippen LogP contribution in [0.25, 0.3) is 10.2 Å². The minimum absolute atomic E-state index is 0.0798. The lowest BCUT2D eigenvalue weighted by Crippen LogP contribution is -2.43. The Balaban J connectivity index is 1.31. The summed E-state index contributed by atoms with van der Waals surface area (Å²) in [6.45, 7) is 2.79. The normalized spacial score (nSPS) is 18.6. The second-order valence-corrected chi connectivity index (χ2v) is 11.1. The van der Waals surface area contributed by atoms with Crippen molar-refractivity contribution in [3.8, 4) is 17.4 Å². The lowest BCUT2D eigenvalue weighted by Gasteiger charge is -2.38. The van der Waals surface area contributed by atoms with Crippen LogP contribution in [-0.2, 0) is 24.1 Å². The number of carbonyl (C=O) groups is 1. The van der Waals surface area contributed by atoms with Gasteiger partial charge in [-0.1, -0.05) is 37.3 Å². The molecule has 3 heterocycles. The van der Waals surface area contributed by atoms with Crippen molar-refractivity contribution in [3.05, 3.63) is 75.9 Å². The van der Waals surface area contributed by atoms with Crippen LogP contribution in [0.5, 0.6) is 17.4 Å². The van der Waals surface area contributed by atoms with Crippen molar-refractivity contribution in [2.45, 2.75) is 38.6 Å². The Kier molecular flexibility index (Phi) is 6.66. The van der Waals surface area contributed by atoms with Gasteiger partial charge in [0.1, 0.15) is 11.2 Å². The summed E-state index contributed by atoms with van der Waals surface area (Å²) in [5, 5.41) is 0.979. The summed E-state index contributed by atoms with van der Waals surface area (Å²) >= 11 is 1.73. The summed E-state index contributed by atoms with van der Waals surface area (Å²) < 4.78 is 17.3. The number of amides is 1. The van der Waals surface area contributed by atoms with E-state index in [4.69, 9.17) is 14.2 Å². The van der Waals surface area contributed by atoms with E-state index in [0.29, 0.717) is 29.8 Å². The zero-order valence-electron chi connectivity index (χ0n) is 21.9. The van der Waals surface area contributed by atoms with Crippen LogP contribution < -0.4 is 14.2 Å². The van der Waals surface area contributed by atoms with Crippen molar-refractivity contribution in [2.24, 2.45) is 5.92 Å². The summed E-state index contributed by atoms with van der Waals surface area (Å²) in [6.07, 6.45) is 5.47. The molecule has 0 bridgehead atoms. The third-order valence-electron chi connectivity index (χ3n) is 7.70. The van der Waals surface area contributed by atoms with E-state index < -0.39 is 0 Å². The topological polar surface area (TPSA) is 73.8 Å². The van der Waals surface area contributed by atoms with Gasteiger partial charge >= 0.3 is 0 Å². The lowest BCUT2D eigenvalue weighted by molar-refractivity contribution is -0.135. The predicted molar refractivity (Wildman–Crippen MR) is 147 cm³/mol. The Morgan fingerprint density at radius 1 is 1.08 bits per heavy atom. The number of carbonyl (C=O) groups excluding carboxylic acids is 1. The Morgan fingerprint density at radius 3 is 2.66 bits per heavy atom. The molecular weight excluding hydrogens is 498 g/mol. The molecule has 0 unspecified atom stereocenters. The molecule has 4 aromatic rings. The van der Waals surface area contributed by atoms with Crippen molar-refractivity contribution < 1.29 is 19.0 Å². The monoisotopic (exact) mass is 529 g/mol. The first-order chi connectivity index (χ1) is 18.6. The van der Waals surface area contributed by atoms with Crippen molar-refractivity contribution in [1.82, 2.24) is 14.9 Å². The summed E-state index contributed by atoms with van der Waals surface area (Å²) in [4.78, 5) is 26.9. The zero-order chi connectivity index (χ0) is 26.2. The Hall–Kier alpha value is -3.65. The minimum atomic E-state index is -0.253. The number of benzene rings is 2. The Labute approximate surface area is 226 Å². The largest absolute Gasteiger partial charge is 0.493 e. The smallest absolute Gasteiger partial charge is 0.261 e. The average Bonchev–Trinajstić information content (AvgIpc) is 3.33. The molecule has 0 radical (unpaired) electrons. The summed E-state index contributed by atoms with van der Waals surface area (Å²) in [5.41, 5.74) is 4.53. The van der Waals surface area contributed by atoms with E-state index in [1.165, 1.54) is 16.8 Å². The van der Waals surface area contributed by atoms with Crippen LogP contribution in [0.1, 0.15) is 46.5 Å². The quantitative estimate of drug-likeness (QED) is 0.334. The highest BCUT2D eigenvalue weighted by Crippen LogP contribution is 2.42. The van der Waals surface area contributed by atoms with E-state index in [-0.39, 0.29) is 18.6 Å². The standard InChI is InChI=1S/C30H31N3O4S/c1-18-9-10-21-25(13-18)38-30-27(21)29(31-17-32-30)37-16-26(34)33-12-11-20-14-23(35-2)24(36-3)15-22(20)28(33)19-7-5-4-6-8-19/h4-8,14-15,17-18,28H,9-13,16H2,1-3H3/t18-,28-/m1/s1. The van der Waals surface area contributed by atoms with Gasteiger partial charge in [0.15, 0.2) is 18.1 Å². The van der Waals surface area contributed by atoms with E-state index in [9.17, 15) is 4.79 Å². The number of aryl methyl sites for hydroxylation is 1. The van der Waals surface area contributed by atoms with Gasteiger partial charge in [0.2, 0.25) is 5.88 Å². The predicted octanol–water partition coefficient (Wildman–Crippen LogP) is 5.39. The van der Waals surface area contributed by atoms with E-state index >= 15 is 0 Å². The third kappa shape index (κ3) is 4.36. The number of methoxy groups -OCH3 is 2. The SMILES string of the molecule is COc1cc2c(cc1OC)[C@@H](c1ccccc1)N(C(=O)COc1ncnc3sc4c(c13)CC[C@@H](C)C4)CC2. The Bertz CT molecular complexity index is 1490. The fraction of sp³-hybridized carbons (Fsp3) is 0.367. The molecule has 2 aliphatic rings. The fourth-order valence-corrected chi connectivity index (χ4v) is 7.12. The third-order valence-corrected chi connectivity index (χ3v) is 8.86. The van der Waals surface area contributed by atoms with Gasteiger partial charge in [-0.3, -0.25) is 4.79 Å². The number of fused-ring (bicyclic) bond motifs is 4. The van der Waals surface area contributed by atoms with Crippen molar-refractivity contribution in [3.63, 3.8) is 0 Å². The number of ether oxygens (including phenoxy) is 3. The molecule has 8 heteroatoms. The van der Waals surface area contributed by atoms with Crippen LogP contribution in [0.2, 0.25) is 0 Å². The maximum absolute atomic E-state index is 13.8. The fourth-order valence-electron chi connectivity index (χ4n) is 5.78. The molecule has 2 aromatic carbocycles. The van der Waals surface area contributed by atoms with E-state index in [0.717, 1.165) is 52.6 Å². The molecule has 1 amide bonds. The second-order valence-electron chi connectivity index (χ2n) is 10.1. The molecule has 0 spiro atoms. The van der Waals surface area contributed by atoms with Gasteiger partial charge in [0.05, 0.1) is 25.6 Å². The zero-order valence-corrected chi connectivity index (χ0v) is 22.7. The van der Waals surface area contributed by atoms with E-state index in [1.54, 1.807) is 25.6 Å². The number of aromatic nitrogens is 2. The highest BCUT2D eigenvalue weighted by Gasteiger charge is 2.34. The molecular formula is C30H31N3O4S. The van der Waals surface area contributed by atoms with Crippen LogP contribution in [0.3, 0.4) is 0 Å². The van der Waals surface area contributed by atoms with Crippen molar-refractivity contribution in [2.75, 3.05) is 27.4 Å². The molecule has 196 valence electrons. The molecule has 2 aromatic heterocycles. The maximum atomic E-state index is 13.8. The van der Waals surface area contributed by atoms with E-state index in [2.05, 4.69) is 29.0 Å². The molecule has 1 aliphatic heterocycles. The highest BCUT2D eigenvalue weighted by molar-refractivity contribution is 7.18. The molecule has 0 N–H and O–H groups in total. The number of nitrogens with zero attached hydrogens (tertiary/aromatic N) is 3. The number of thiophene rings is 1.